The molecular formula is C15H16BrN3O. The van der Waals surface area contributed by atoms with Crippen molar-refractivity contribution >= 4 is 27.5 Å². The van der Waals surface area contributed by atoms with E-state index in [1.165, 1.54) is 0 Å². The second kappa shape index (κ2) is 6.54. The number of carbonyl (C=O) groups is 1. The molecule has 0 aliphatic rings. The smallest absolute Gasteiger partial charge is 0.251 e. The SMILES string of the molecule is Cc1cc(NN)ccc1C(=O)NCc1cccc(Br)c1. The molecule has 1 amide bonds. The Hall–Kier alpha value is -1.85. The van der Waals surface area contributed by atoms with Crippen LogP contribution in [0.15, 0.2) is 46.9 Å². The van der Waals surface area contributed by atoms with E-state index in [-0.39, 0.29) is 5.91 Å². The third-order valence-electron chi connectivity index (χ3n) is 2.98. The molecular weight excluding hydrogens is 318 g/mol. The highest BCUT2D eigenvalue weighted by molar-refractivity contribution is 9.10. The van der Waals surface area contributed by atoms with Gasteiger partial charge in [0.25, 0.3) is 5.91 Å². The maximum absolute atomic E-state index is 12.1. The zero-order chi connectivity index (χ0) is 14.5. The largest absolute Gasteiger partial charge is 0.348 e. The monoisotopic (exact) mass is 333 g/mol. The standard InChI is InChI=1S/C15H16BrN3O/c1-10-7-13(19-17)5-6-14(10)15(20)18-9-11-3-2-4-12(16)8-11/h2-8,19H,9,17H2,1H3,(H,18,20). The maximum Gasteiger partial charge on any atom is 0.251 e. The molecule has 2 aromatic rings. The van der Waals surface area contributed by atoms with Gasteiger partial charge in [-0.25, -0.2) is 0 Å². The van der Waals surface area contributed by atoms with Gasteiger partial charge in [-0.15, -0.1) is 0 Å². The molecule has 2 rings (SSSR count). The molecule has 2 aromatic carbocycles. The van der Waals surface area contributed by atoms with E-state index in [4.69, 9.17) is 5.84 Å². The van der Waals surface area contributed by atoms with Crippen LogP contribution in [0.1, 0.15) is 21.5 Å². The fourth-order valence-electron chi connectivity index (χ4n) is 1.93. The predicted molar refractivity (Wildman–Crippen MR) is 84.3 cm³/mol. The van der Waals surface area contributed by atoms with Crippen LogP contribution in [-0.4, -0.2) is 5.91 Å². The van der Waals surface area contributed by atoms with Crippen molar-refractivity contribution in [3.63, 3.8) is 0 Å². The molecule has 0 saturated heterocycles. The first kappa shape index (κ1) is 14.6. The van der Waals surface area contributed by atoms with Crippen molar-refractivity contribution in [3.8, 4) is 0 Å². The molecule has 0 aliphatic heterocycles. The van der Waals surface area contributed by atoms with Crippen molar-refractivity contribution in [2.75, 3.05) is 5.43 Å². The number of hydrogen-bond acceptors (Lipinski definition) is 3. The quantitative estimate of drug-likeness (QED) is 0.595. The van der Waals surface area contributed by atoms with Crippen molar-refractivity contribution in [1.82, 2.24) is 5.32 Å². The zero-order valence-corrected chi connectivity index (χ0v) is 12.7. The summed E-state index contributed by atoms with van der Waals surface area (Å²) in [6, 6.07) is 13.2. The minimum Gasteiger partial charge on any atom is -0.348 e. The predicted octanol–water partition coefficient (Wildman–Crippen LogP) is 2.97. The molecule has 20 heavy (non-hydrogen) atoms. The number of rotatable bonds is 4. The molecule has 104 valence electrons. The number of amides is 1. The molecule has 0 spiro atoms. The summed E-state index contributed by atoms with van der Waals surface area (Å²) >= 11 is 3.41. The normalized spacial score (nSPS) is 10.2. The Kier molecular flexibility index (Phi) is 4.76. The summed E-state index contributed by atoms with van der Waals surface area (Å²) in [5, 5.41) is 2.91. The second-order valence-electron chi connectivity index (χ2n) is 4.49. The average Bonchev–Trinajstić information content (AvgIpc) is 2.44. The lowest BCUT2D eigenvalue weighted by Crippen LogP contribution is -2.23. The third-order valence-corrected chi connectivity index (χ3v) is 3.47. The van der Waals surface area contributed by atoms with Gasteiger partial charge in [0, 0.05) is 22.3 Å². The van der Waals surface area contributed by atoms with Crippen molar-refractivity contribution in [1.29, 1.82) is 0 Å². The highest BCUT2D eigenvalue weighted by Gasteiger charge is 2.09. The Morgan fingerprint density at radius 3 is 2.70 bits per heavy atom. The summed E-state index contributed by atoms with van der Waals surface area (Å²) in [7, 11) is 0. The lowest BCUT2D eigenvalue weighted by molar-refractivity contribution is 0.0950. The summed E-state index contributed by atoms with van der Waals surface area (Å²) in [6.45, 7) is 2.38. The van der Waals surface area contributed by atoms with Gasteiger partial charge in [-0.2, -0.15) is 0 Å². The number of carbonyl (C=O) groups excluding carboxylic acids is 1. The Morgan fingerprint density at radius 2 is 2.05 bits per heavy atom. The number of halogens is 1. The van der Waals surface area contributed by atoms with Crippen molar-refractivity contribution < 1.29 is 4.79 Å². The van der Waals surface area contributed by atoms with Gasteiger partial charge in [0.05, 0.1) is 0 Å². The van der Waals surface area contributed by atoms with E-state index in [1.54, 1.807) is 12.1 Å². The van der Waals surface area contributed by atoms with E-state index in [9.17, 15) is 4.79 Å². The summed E-state index contributed by atoms with van der Waals surface area (Å²) in [4.78, 5) is 12.1. The summed E-state index contributed by atoms with van der Waals surface area (Å²) in [6.07, 6.45) is 0. The highest BCUT2D eigenvalue weighted by atomic mass is 79.9. The molecule has 0 bridgehead atoms. The van der Waals surface area contributed by atoms with Crippen LogP contribution < -0.4 is 16.6 Å². The summed E-state index contributed by atoms with van der Waals surface area (Å²) < 4.78 is 0.999. The molecule has 0 heterocycles. The first-order valence-electron chi connectivity index (χ1n) is 6.20. The van der Waals surface area contributed by atoms with Gasteiger partial charge in [0.1, 0.15) is 0 Å². The van der Waals surface area contributed by atoms with Crippen LogP contribution in [0.4, 0.5) is 5.69 Å². The summed E-state index contributed by atoms with van der Waals surface area (Å²) in [5.74, 6) is 5.25. The van der Waals surface area contributed by atoms with Crippen LogP contribution in [0.3, 0.4) is 0 Å². The fourth-order valence-corrected chi connectivity index (χ4v) is 2.38. The first-order valence-corrected chi connectivity index (χ1v) is 6.99. The first-order chi connectivity index (χ1) is 9.60. The Labute approximate surface area is 126 Å². The van der Waals surface area contributed by atoms with E-state index < -0.39 is 0 Å². The van der Waals surface area contributed by atoms with Crippen molar-refractivity contribution in [3.05, 3.63) is 63.6 Å². The number of hydrazine groups is 1. The molecule has 0 unspecified atom stereocenters. The van der Waals surface area contributed by atoms with E-state index in [0.29, 0.717) is 12.1 Å². The van der Waals surface area contributed by atoms with Gasteiger partial charge in [-0.05, 0) is 48.4 Å². The number of hydrogen-bond donors (Lipinski definition) is 3. The van der Waals surface area contributed by atoms with Crippen molar-refractivity contribution in [2.24, 2.45) is 5.84 Å². The van der Waals surface area contributed by atoms with Crippen LogP contribution in [-0.2, 0) is 6.54 Å². The lowest BCUT2D eigenvalue weighted by atomic mass is 10.1. The number of nitrogen functional groups attached to an aromatic ring is 1. The van der Waals surface area contributed by atoms with E-state index in [2.05, 4.69) is 26.7 Å². The number of benzene rings is 2. The van der Waals surface area contributed by atoms with Gasteiger partial charge in [0.2, 0.25) is 0 Å². The van der Waals surface area contributed by atoms with Gasteiger partial charge in [0.15, 0.2) is 0 Å². The zero-order valence-electron chi connectivity index (χ0n) is 11.1. The van der Waals surface area contributed by atoms with E-state index in [0.717, 1.165) is 21.3 Å². The molecule has 0 aromatic heterocycles. The molecule has 0 fully saturated rings. The average molecular weight is 334 g/mol. The molecule has 4 nitrogen and oxygen atoms in total. The van der Waals surface area contributed by atoms with Crippen LogP contribution in [0.2, 0.25) is 0 Å². The maximum atomic E-state index is 12.1. The molecule has 0 radical (unpaired) electrons. The van der Waals surface area contributed by atoms with Crippen LogP contribution >= 0.6 is 15.9 Å². The van der Waals surface area contributed by atoms with Crippen LogP contribution in [0, 0.1) is 6.92 Å². The molecule has 5 heteroatoms. The second-order valence-corrected chi connectivity index (χ2v) is 5.40. The summed E-state index contributed by atoms with van der Waals surface area (Å²) in [5.41, 5.74) is 5.92. The van der Waals surface area contributed by atoms with Gasteiger partial charge < -0.3 is 10.7 Å². The fraction of sp³-hybridized carbons (Fsp3) is 0.133. The number of nitrogens with two attached hydrogens (primary N) is 1. The number of aryl methyl sites for hydroxylation is 1. The lowest BCUT2D eigenvalue weighted by Gasteiger charge is -2.09. The molecule has 0 aliphatic carbocycles. The third kappa shape index (κ3) is 3.59. The van der Waals surface area contributed by atoms with Gasteiger partial charge in [-0.3, -0.25) is 10.6 Å². The number of nitrogens with one attached hydrogen (secondary N) is 2. The Balaban J connectivity index is 2.05. The van der Waals surface area contributed by atoms with Crippen LogP contribution in [0.25, 0.3) is 0 Å². The molecule has 4 N–H and O–H groups in total. The van der Waals surface area contributed by atoms with Crippen molar-refractivity contribution in [2.45, 2.75) is 13.5 Å². The number of anilines is 1. The Morgan fingerprint density at radius 1 is 1.25 bits per heavy atom. The minimum atomic E-state index is -0.0916. The molecule has 0 atom stereocenters. The molecule has 0 saturated carbocycles. The van der Waals surface area contributed by atoms with Gasteiger partial charge in [-0.1, -0.05) is 28.1 Å². The van der Waals surface area contributed by atoms with Gasteiger partial charge >= 0.3 is 0 Å². The highest BCUT2D eigenvalue weighted by Crippen LogP contribution is 2.15. The minimum absolute atomic E-state index is 0.0916. The Bertz CT molecular complexity index is 628. The van der Waals surface area contributed by atoms with E-state index in [1.807, 2.05) is 37.3 Å². The van der Waals surface area contributed by atoms with E-state index >= 15 is 0 Å². The topological polar surface area (TPSA) is 67.1 Å². The van der Waals surface area contributed by atoms with Crippen LogP contribution in [0.5, 0.6) is 0 Å².